The highest BCUT2D eigenvalue weighted by Crippen LogP contribution is 2.14. The van der Waals surface area contributed by atoms with Gasteiger partial charge in [0, 0.05) is 25.9 Å². The maximum Gasteiger partial charge on any atom is 0.222 e. The van der Waals surface area contributed by atoms with Crippen molar-refractivity contribution >= 4 is 11.8 Å². The highest BCUT2D eigenvalue weighted by Gasteiger charge is 2.13. The number of unbranched alkanes of at least 4 members (excludes halogenated alkanes) is 3. The van der Waals surface area contributed by atoms with E-state index in [1.165, 1.54) is 38.5 Å². The quantitative estimate of drug-likeness (QED) is 0.727. The van der Waals surface area contributed by atoms with Crippen molar-refractivity contribution in [1.82, 2.24) is 4.90 Å². The molecule has 1 saturated heterocycles. The van der Waals surface area contributed by atoms with Crippen molar-refractivity contribution in [3.05, 3.63) is 0 Å². The Hall–Kier alpha value is -1.06. The van der Waals surface area contributed by atoms with Crippen molar-refractivity contribution in [2.24, 2.45) is 5.73 Å². The molecule has 128 valence electrons. The number of hydrogen-bond acceptors (Lipinski definition) is 2. The predicted octanol–water partition coefficient (Wildman–Crippen LogP) is 3.78. The lowest BCUT2D eigenvalue weighted by atomic mass is 10.1. The molecule has 22 heavy (non-hydrogen) atoms. The Morgan fingerprint density at radius 3 is 1.64 bits per heavy atom. The monoisotopic (exact) mass is 310 g/mol. The number of hydrogen-bond donors (Lipinski definition) is 1. The molecule has 0 aliphatic carbocycles. The van der Waals surface area contributed by atoms with Crippen LogP contribution in [0.3, 0.4) is 0 Å². The van der Waals surface area contributed by atoms with Crippen LogP contribution in [0.25, 0.3) is 0 Å². The first-order valence-electron chi connectivity index (χ1n) is 9.26. The fourth-order valence-electron chi connectivity index (χ4n) is 3.11. The van der Waals surface area contributed by atoms with E-state index in [9.17, 15) is 9.59 Å². The van der Waals surface area contributed by atoms with Crippen LogP contribution >= 0.6 is 0 Å². The molecule has 0 saturated carbocycles. The summed E-state index contributed by atoms with van der Waals surface area (Å²) in [7, 11) is 0. The van der Waals surface area contributed by atoms with Gasteiger partial charge in [-0.05, 0) is 25.7 Å². The molecule has 0 unspecified atom stereocenters. The number of nitrogens with zero attached hydrogens (tertiary/aromatic N) is 1. The van der Waals surface area contributed by atoms with Crippen LogP contribution in [-0.2, 0) is 9.59 Å². The average molecular weight is 310 g/mol. The molecule has 1 aliphatic heterocycles. The van der Waals surface area contributed by atoms with Gasteiger partial charge in [0.1, 0.15) is 0 Å². The summed E-state index contributed by atoms with van der Waals surface area (Å²) >= 11 is 0. The molecule has 0 aromatic heterocycles. The summed E-state index contributed by atoms with van der Waals surface area (Å²) in [5, 5.41) is 0. The Bertz CT molecular complexity index is 306. The zero-order valence-corrected chi connectivity index (χ0v) is 14.2. The Kier molecular flexibility index (Phi) is 10.8. The summed E-state index contributed by atoms with van der Waals surface area (Å²) < 4.78 is 0. The maximum atomic E-state index is 12.3. The lowest BCUT2D eigenvalue weighted by molar-refractivity contribution is -0.131. The van der Waals surface area contributed by atoms with E-state index < -0.39 is 0 Å². The average Bonchev–Trinajstić information content (AvgIpc) is 2.55. The maximum absolute atomic E-state index is 12.3. The van der Waals surface area contributed by atoms with E-state index in [1.54, 1.807) is 0 Å². The number of rotatable bonds is 7. The minimum atomic E-state index is -0.223. The summed E-state index contributed by atoms with van der Waals surface area (Å²) in [4.78, 5) is 25.1. The van der Waals surface area contributed by atoms with Crippen LogP contribution in [-0.4, -0.2) is 29.8 Å². The highest BCUT2D eigenvalue weighted by molar-refractivity contribution is 5.76. The van der Waals surface area contributed by atoms with Crippen molar-refractivity contribution in [2.75, 3.05) is 13.1 Å². The van der Waals surface area contributed by atoms with Gasteiger partial charge in [-0.3, -0.25) is 9.59 Å². The molecule has 1 rings (SSSR count). The van der Waals surface area contributed by atoms with E-state index in [-0.39, 0.29) is 5.91 Å². The number of carbonyl (C=O) groups excluding carboxylic acids is 2. The van der Waals surface area contributed by atoms with Crippen LogP contribution in [0, 0.1) is 0 Å². The van der Waals surface area contributed by atoms with Gasteiger partial charge in [0.2, 0.25) is 11.8 Å². The van der Waals surface area contributed by atoms with Gasteiger partial charge in [-0.25, -0.2) is 0 Å². The molecule has 1 aliphatic rings. The third-order valence-electron chi connectivity index (χ3n) is 4.52. The molecule has 4 nitrogen and oxygen atoms in total. The predicted molar refractivity (Wildman–Crippen MR) is 90.4 cm³/mol. The van der Waals surface area contributed by atoms with Crippen molar-refractivity contribution in [3.8, 4) is 0 Å². The first-order chi connectivity index (χ1) is 10.7. The van der Waals surface area contributed by atoms with Crippen molar-refractivity contribution in [1.29, 1.82) is 0 Å². The fraction of sp³-hybridized carbons (Fsp3) is 0.889. The number of primary amides is 1. The van der Waals surface area contributed by atoms with Gasteiger partial charge in [0.05, 0.1) is 0 Å². The molecule has 1 heterocycles. The molecular weight excluding hydrogens is 276 g/mol. The van der Waals surface area contributed by atoms with Crippen LogP contribution < -0.4 is 5.73 Å². The number of amides is 2. The Balaban J connectivity index is 2.17. The Labute approximate surface area is 135 Å². The van der Waals surface area contributed by atoms with Crippen LogP contribution in [0.1, 0.15) is 89.9 Å². The van der Waals surface area contributed by atoms with Gasteiger partial charge in [-0.2, -0.15) is 0 Å². The molecule has 0 bridgehead atoms. The normalized spacial score (nSPS) is 17.7. The summed E-state index contributed by atoms with van der Waals surface area (Å²) in [6.07, 6.45) is 15.1. The van der Waals surface area contributed by atoms with E-state index in [1.807, 2.05) is 0 Å². The lowest BCUT2D eigenvalue weighted by Crippen LogP contribution is -2.32. The van der Waals surface area contributed by atoms with Gasteiger partial charge >= 0.3 is 0 Å². The minimum absolute atomic E-state index is 0.223. The van der Waals surface area contributed by atoms with Crippen molar-refractivity contribution in [3.63, 3.8) is 0 Å². The first kappa shape index (κ1) is 19.0. The fourth-order valence-corrected chi connectivity index (χ4v) is 3.11. The smallest absolute Gasteiger partial charge is 0.222 e. The molecule has 2 N–H and O–H groups in total. The molecule has 0 spiro atoms. The second-order valence-electron chi connectivity index (χ2n) is 6.59. The first-order valence-corrected chi connectivity index (χ1v) is 9.26. The van der Waals surface area contributed by atoms with Gasteiger partial charge < -0.3 is 10.6 Å². The second kappa shape index (κ2) is 12.5. The van der Waals surface area contributed by atoms with Crippen LogP contribution in [0.2, 0.25) is 0 Å². The summed E-state index contributed by atoms with van der Waals surface area (Å²) in [6, 6.07) is 0. The SMILES string of the molecule is NC(=O)CCCCCCC(=O)N1CCCCCCCCCC1. The third kappa shape index (κ3) is 9.80. The van der Waals surface area contributed by atoms with Gasteiger partial charge in [-0.1, -0.05) is 51.4 Å². The zero-order chi connectivity index (χ0) is 16.0. The molecule has 0 radical (unpaired) electrons. The molecule has 2 amide bonds. The number of nitrogens with two attached hydrogens (primary N) is 1. The highest BCUT2D eigenvalue weighted by atomic mass is 16.2. The topological polar surface area (TPSA) is 63.4 Å². The lowest BCUT2D eigenvalue weighted by Gasteiger charge is -2.22. The minimum Gasteiger partial charge on any atom is -0.370 e. The van der Waals surface area contributed by atoms with Crippen LogP contribution in [0.5, 0.6) is 0 Å². The Morgan fingerprint density at radius 1 is 0.682 bits per heavy atom. The van der Waals surface area contributed by atoms with Crippen molar-refractivity contribution in [2.45, 2.75) is 89.9 Å². The van der Waals surface area contributed by atoms with Crippen LogP contribution in [0.4, 0.5) is 0 Å². The van der Waals surface area contributed by atoms with Gasteiger partial charge in [0.15, 0.2) is 0 Å². The summed E-state index contributed by atoms with van der Waals surface area (Å²) in [6.45, 7) is 1.89. The van der Waals surface area contributed by atoms with Crippen LogP contribution in [0.15, 0.2) is 0 Å². The summed E-state index contributed by atoms with van der Waals surface area (Å²) in [5.74, 6) is 0.105. The van der Waals surface area contributed by atoms with Gasteiger partial charge in [0.25, 0.3) is 0 Å². The summed E-state index contributed by atoms with van der Waals surface area (Å²) in [5.41, 5.74) is 5.12. The van der Waals surface area contributed by atoms with Crippen molar-refractivity contribution < 1.29 is 9.59 Å². The molecular formula is C18H34N2O2. The zero-order valence-electron chi connectivity index (χ0n) is 14.2. The second-order valence-corrected chi connectivity index (χ2v) is 6.59. The van der Waals surface area contributed by atoms with E-state index in [0.29, 0.717) is 18.7 Å². The van der Waals surface area contributed by atoms with E-state index >= 15 is 0 Å². The standard InChI is InChI=1S/C18H34N2O2/c19-17(21)13-9-5-6-10-14-18(22)20-15-11-7-3-1-2-4-8-12-16-20/h1-16H2,(H2,19,21). The number of carbonyl (C=O) groups is 2. The van der Waals surface area contributed by atoms with E-state index in [2.05, 4.69) is 4.90 Å². The largest absolute Gasteiger partial charge is 0.370 e. The molecule has 0 aromatic carbocycles. The van der Waals surface area contributed by atoms with Gasteiger partial charge in [-0.15, -0.1) is 0 Å². The Morgan fingerprint density at radius 2 is 1.14 bits per heavy atom. The van der Waals surface area contributed by atoms with E-state index in [0.717, 1.165) is 51.6 Å². The molecule has 1 fully saturated rings. The molecule has 4 heteroatoms. The third-order valence-corrected chi connectivity index (χ3v) is 4.52. The molecule has 0 aromatic rings. The molecule has 0 atom stereocenters. The van der Waals surface area contributed by atoms with E-state index in [4.69, 9.17) is 5.73 Å².